The first kappa shape index (κ1) is 22.5. The van der Waals surface area contributed by atoms with E-state index in [1.165, 1.54) is 6.07 Å². The largest absolute Gasteiger partial charge is 0.486 e. The van der Waals surface area contributed by atoms with Gasteiger partial charge in [0.05, 0.1) is 0 Å². The number of hydrogen-bond acceptors (Lipinski definition) is 4. The van der Waals surface area contributed by atoms with E-state index in [0.29, 0.717) is 48.9 Å². The fraction of sp³-hybridized carbons (Fsp3) is 0.185. The lowest BCUT2D eigenvalue weighted by molar-refractivity contribution is 0.0976. The first-order chi connectivity index (χ1) is 17.1. The van der Waals surface area contributed by atoms with Crippen molar-refractivity contribution < 1.29 is 18.7 Å². The van der Waals surface area contributed by atoms with E-state index in [-0.39, 0.29) is 11.5 Å². The van der Waals surface area contributed by atoms with Gasteiger partial charge in [-0.25, -0.2) is 4.39 Å². The number of nitrogens with zero attached hydrogens (tertiary/aromatic N) is 1. The van der Waals surface area contributed by atoms with E-state index in [2.05, 4.69) is 26.7 Å². The van der Waals surface area contributed by atoms with Crippen LogP contribution in [0.25, 0.3) is 10.9 Å². The molecule has 1 aliphatic rings. The maximum Gasteiger partial charge on any atom is 0.258 e. The number of halogens is 1. The van der Waals surface area contributed by atoms with Gasteiger partial charge in [0.2, 0.25) is 5.96 Å². The van der Waals surface area contributed by atoms with Crippen molar-refractivity contribution in [2.75, 3.05) is 25.1 Å². The van der Waals surface area contributed by atoms with E-state index in [1.54, 1.807) is 31.2 Å². The van der Waals surface area contributed by atoms with Crippen molar-refractivity contribution in [2.45, 2.75) is 13.3 Å². The summed E-state index contributed by atoms with van der Waals surface area (Å²) < 4.78 is 25.2. The van der Waals surface area contributed by atoms with Crippen LogP contribution in [-0.4, -0.2) is 36.6 Å². The fourth-order valence-corrected chi connectivity index (χ4v) is 3.91. The standard InChI is InChI=1S/C27H25FN4O3/c1-17-6-7-18(14-22(17)28)26(33)32-27(31-20-8-9-24-25(15-20)35-13-12-34-24)29-11-10-19-16-30-23-5-3-2-4-21(19)23/h2-9,14-16,30H,10-13H2,1H3,(H2,29,31,32,33). The second kappa shape index (κ2) is 9.89. The number of H-pyrrole nitrogens is 1. The van der Waals surface area contributed by atoms with Gasteiger partial charge in [0, 0.05) is 41.0 Å². The molecule has 5 rings (SSSR count). The zero-order chi connectivity index (χ0) is 24.2. The van der Waals surface area contributed by atoms with Crippen LogP contribution < -0.4 is 20.1 Å². The summed E-state index contributed by atoms with van der Waals surface area (Å²) in [7, 11) is 0. The Morgan fingerprint density at radius 3 is 2.74 bits per heavy atom. The third-order valence-electron chi connectivity index (χ3n) is 5.80. The van der Waals surface area contributed by atoms with Crippen molar-refractivity contribution in [1.29, 1.82) is 0 Å². The molecule has 1 aromatic heterocycles. The molecule has 0 bridgehead atoms. The quantitative estimate of drug-likeness (QED) is 0.287. The SMILES string of the molecule is Cc1ccc(C(=O)NC(=NCCc2c[nH]c3ccccc23)Nc2ccc3c(c2)OCCO3)cc1F. The van der Waals surface area contributed by atoms with Gasteiger partial charge in [-0.2, -0.15) is 0 Å². The Balaban J connectivity index is 1.36. The Hall–Kier alpha value is -4.33. The lowest BCUT2D eigenvalue weighted by Gasteiger charge is -2.19. The highest BCUT2D eigenvalue weighted by atomic mass is 19.1. The first-order valence-corrected chi connectivity index (χ1v) is 11.4. The Bertz CT molecular complexity index is 1410. The molecular weight excluding hydrogens is 447 g/mol. The van der Waals surface area contributed by atoms with Gasteiger partial charge in [-0.1, -0.05) is 24.3 Å². The van der Waals surface area contributed by atoms with Gasteiger partial charge in [-0.3, -0.25) is 15.1 Å². The fourth-order valence-electron chi connectivity index (χ4n) is 3.91. The minimum absolute atomic E-state index is 0.210. The van der Waals surface area contributed by atoms with Crippen LogP contribution in [0.3, 0.4) is 0 Å². The summed E-state index contributed by atoms with van der Waals surface area (Å²) in [5.74, 6) is 0.646. The van der Waals surface area contributed by atoms with Crippen molar-refractivity contribution >= 4 is 28.5 Å². The number of hydrogen-bond donors (Lipinski definition) is 3. The number of carbonyl (C=O) groups is 1. The summed E-state index contributed by atoms with van der Waals surface area (Å²) >= 11 is 0. The number of anilines is 1. The average molecular weight is 473 g/mol. The van der Waals surface area contributed by atoms with Gasteiger partial charge in [0.15, 0.2) is 11.5 Å². The van der Waals surface area contributed by atoms with E-state index in [9.17, 15) is 9.18 Å². The molecule has 0 atom stereocenters. The van der Waals surface area contributed by atoms with Gasteiger partial charge < -0.3 is 19.8 Å². The van der Waals surface area contributed by atoms with Crippen LogP contribution in [0.4, 0.5) is 10.1 Å². The molecule has 2 heterocycles. The van der Waals surface area contributed by atoms with Crippen molar-refractivity contribution in [3.8, 4) is 11.5 Å². The van der Waals surface area contributed by atoms with Crippen LogP contribution in [0.5, 0.6) is 11.5 Å². The van der Waals surface area contributed by atoms with E-state index >= 15 is 0 Å². The Morgan fingerprint density at radius 2 is 1.89 bits per heavy atom. The summed E-state index contributed by atoms with van der Waals surface area (Å²) in [6.45, 7) is 3.05. The molecule has 0 saturated carbocycles. The van der Waals surface area contributed by atoms with Crippen molar-refractivity contribution in [3.63, 3.8) is 0 Å². The Labute approximate surface area is 202 Å². The molecule has 0 spiro atoms. The number of nitrogens with one attached hydrogen (secondary N) is 3. The molecule has 1 aliphatic heterocycles. The molecule has 0 saturated heterocycles. The first-order valence-electron chi connectivity index (χ1n) is 11.4. The van der Waals surface area contributed by atoms with Crippen LogP contribution in [-0.2, 0) is 6.42 Å². The van der Waals surface area contributed by atoms with Gasteiger partial charge in [0.1, 0.15) is 19.0 Å². The number of guanidine groups is 1. The highest BCUT2D eigenvalue weighted by Gasteiger charge is 2.15. The molecule has 3 aromatic carbocycles. The molecular formula is C27H25FN4O3. The number of carbonyl (C=O) groups excluding carboxylic acids is 1. The number of aromatic nitrogens is 1. The van der Waals surface area contributed by atoms with Gasteiger partial charge in [0.25, 0.3) is 5.91 Å². The summed E-state index contributed by atoms with van der Waals surface area (Å²) in [5.41, 5.74) is 3.56. The van der Waals surface area contributed by atoms with Gasteiger partial charge in [-0.05, 0) is 54.8 Å². The summed E-state index contributed by atoms with van der Waals surface area (Å²) in [6, 6.07) is 17.9. The van der Waals surface area contributed by atoms with Gasteiger partial charge in [-0.15, -0.1) is 0 Å². The second-order valence-corrected chi connectivity index (χ2v) is 8.24. The highest BCUT2D eigenvalue weighted by molar-refractivity contribution is 6.10. The zero-order valence-corrected chi connectivity index (χ0v) is 19.2. The van der Waals surface area contributed by atoms with Gasteiger partial charge >= 0.3 is 0 Å². The molecule has 0 aliphatic carbocycles. The van der Waals surface area contributed by atoms with Crippen LogP contribution in [0.1, 0.15) is 21.5 Å². The van der Waals surface area contributed by atoms with Crippen LogP contribution in [0.2, 0.25) is 0 Å². The molecule has 4 aromatic rings. The van der Waals surface area contributed by atoms with Crippen molar-refractivity contribution in [2.24, 2.45) is 4.99 Å². The smallest absolute Gasteiger partial charge is 0.258 e. The van der Waals surface area contributed by atoms with Crippen LogP contribution >= 0.6 is 0 Å². The van der Waals surface area contributed by atoms with E-state index in [4.69, 9.17) is 9.47 Å². The number of para-hydroxylation sites is 1. The summed E-state index contributed by atoms with van der Waals surface area (Å²) in [5, 5.41) is 7.08. The number of aryl methyl sites for hydroxylation is 1. The normalized spacial score (nSPS) is 13.0. The number of benzene rings is 3. The molecule has 178 valence electrons. The number of aromatic amines is 1. The summed E-state index contributed by atoms with van der Waals surface area (Å²) in [6.07, 6.45) is 2.65. The number of fused-ring (bicyclic) bond motifs is 2. The van der Waals surface area contributed by atoms with E-state index < -0.39 is 11.7 Å². The van der Waals surface area contributed by atoms with Crippen molar-refractivity contribution in [1.82, 2.24) is 10.3 Å². The monoisotopic (exact) mass is 472 g/mol. The number of rotatable bonds is 5. The predicted octanol–water partition coefficient (Wildman–Crippen LogP) is 4.83. The minimum atomic E-state index is -0.459. The maximum atomic E-state index is 14.0. The number of aliphatic imine (C=N–C) groups is 1. The maximum absolute atomic E-state index is 14.0. The third-order valence-corrected chi connectivity index (χ3v) is 5.80. The molecule has 1 amide bonds. The number of ether oxygens (including phenoxy) is 2. The Morgan fingerprint density at radius 1 is 1.06 bits per heavy atom. The minimum Gasteiger partial charge on any atom is -0.486 e. The third kappa shape index (κ3) is 5.11. The Kier molecular flexibility index (Phi) is 6.34. The molecule has 0 radical (unpaired) electrons. The summed E-state index contributed by atoms with van der Waals surface area (Å²) in [4.78, 5) is 20.7. The van der Waals surface area contributed by atoms with E-state index in [0.717, 1.165) is 16.5 Å². The van der Waals surface area contributed by atoms with Crippen molar-refractivity contribution in [3.05, 3.63) is 89.4 Å². The lowest BCUT2D eigenvalue weighted by Crippen LogP contribution is -2.36. The van der Waals surface area contributed by atoms with Crippen LogP contribution in [0, 0.1) is 12.7 Å². The molecule has 35 heavy (non-hydrogen) atoms. The predicted molar refractivity (Wildman–Crippen MR) is 134 cm³/mol. The number of amides is 1. The highest BCUT2D eigenvalue weighted by Crippen LogP contribution is 2.32. The van der Waals surface area contributed by atoms with E-state index in [1.807, 2.05) is 30.5 Å². The zero-order valence-electron chi connectivity index (χ0n) is 19.2. The molecule has 3 N–H and O–H groups in total. The molecule has 8 heteroatoms. The molecule has 0 fully saturated rings. The van der Waals surface area contributed by atoms with Crippen LogP contribution in [0.15, 0.2) is 71.9 Å². The second-order valence-electron chi connectivity index (χ2n) is 8.24. The molecule has 0 unspecified atom stereocenters. The lowest BCUT2D eigenvalue weighted by atomic mass is 10.1. The topological polar surface area (TPSA) is 87.7 Å². The molecule has 7 nitrogen and oxygen atoms in total. The average Bonchev–Trinajstić information content (AvgIpc) is 3.28.